The number of ether oxygens (including phenoxy) is 1. The van der Waals surface area contributed by atoms with Crippen LogP contribution < -0.4 is 10.4 Å². The van der Waals surface area contributed by atoms with Crippen molar-refractivity contribution in [3.8, 4) is 5.75 Å². The van der Waals surface area contributed by atoms with Gasteiger partial charge in [-0.15, -0.1) is 0 Å². The third kappa shape index (κ3) is 5.33. The van der Waals surface area contributed by atoms with Gasteiger partial charge in [0.1, 0.15) is 11.3 Å². The Balaban J connectivity index is 1.32. The van der Waals surface area contributed by atoms with Gasteiger partial charge in [-0.3, -0.25) is 9.69 Å². The van der Waals surface area contributed by atoms with E-state index < -0.39 is 5.63 Å². The van der Waals surface area contributed by atoms with Crippen molar-refractivity contribution in [2.45, 2.75) is 26.8 Å². The van der Waals surface area contributed by atoms with Gasteiger partial charge in [0.2, 0.25) is 0 Å². The maximum Gasteiger partial charge on any atom is 0.336 e. The molecule has 162 valence electrons. The first-order chi connectivity index (χ1) is 15.0. The molecule has 1 aliphatic heterocycles. The Morgan fingerprint density at radius 1 is 1.00 bits per heavy atom. The Hall–Kier alpha value is -3.12. The van der Waals surface area contributed by atoms with Crippen molar-refractivity contribution in [3.63, 3.8) is 0 Å². The third-order valence-electron chi connectivity index (χ3n) is 5.75. The van der Waals surface area contributed by atoms with Gasteiger partial charge in [-0.2, -0.15) is 0 Å². The second-order valence-electron chi connectivity index (χ2n) is 8.19. The molecule has 2 heterocycles. The van der Waals surface area contributed by atoms with Crippen LogP contribution in [0.4, 0.5) is 0 Å². The van der Waals surface area contributed by atoms with Crippen molar-refractivity contribution in [2.75, 3.05) is 32.8 Å². The lowest BCUT2D eigenvalue weighted by atomic mass is 10.1. The van der Waals surface area contributed by atoms with Crippen LogP contribution in [-0.2, 0) is 11.3 Å². The van der Waals surface area contributed by atoms with Crippen LogP contribution >= 0.6 is 0 Å². The van der Waals surface area contributed by atoms with E-state index in [2.05, 4.69) is 36.1 Å². The van der Waals surface area contributed by atoms with E-state index in [0.717, 1.165) is 43.5 Å². The number of fused-ring (bicyclic) bond motifs is 1. The quantitative estimate of drug-likeness (QED) is 0.591. The highest BCUT2D eigenvalue weighted by Crippen LogP contribution is 2.22. The zero-order valence-corrected chi connectivity index (χ0v) is 18.1. The third-order valence-corrected chi connectivity index (χ3v) is 5.75. The van der Waals surface area contributed by atoms with Crippen LogP contribution in [0.15, 0.2) is 57.7 Å². The highest BCUT2D eigenvalue weighted by molar-refractivity contribution is 5.81. The van der Waals surface area contributed by atoms with Crippen molar-refractivity contribution < 1.29 is 13.9 Å². The lowest BCUT2D eigenvalue weighted by Crippen LogP contribution is -2.38. The number of nitrogens with zero attached hydrogens (tertiary/aromatic N) is 2. The molecule has 0 saturated carbocycles. The van der Waals surface area contributed by atoms with E-state index in [0.29, 0.717) is 17.9 Å². The highest BCUT2D eigenvalue weighted by atomic mass is 16.5. The largest absolute Gasteiger partial charge is 0.484 e. The summed E-state index contributed by atoms with van der Waals surface area (Å²) in [6, 6.07) is 15.4. The number of rotatable bonds is 5. The number of aryl methyl sites for hydroxylation is 2. The number of benzene rings is 2. The Kier molecular flexibility index (Phi) is 6.37. The van der Waals surface area contributed by atoms with Crippen LogP contribution in [-0.4, -0.2) is 48.5 Å². The maximum atomic E-state index is 12.7. The Morgan fingerprint density at radius 3 is 2.61 bits per heavy atom. The second-order valence-corrected chi connectivity index (χ2v) is 8.19. The maximum absolute atomic E-state index is 12.7. The summed E-state index contributed by atoms with van der Waals surface area (Å²) in [6.07, 6.45) is 0.942. The standard InChI is InChI=1S/C25H28N2O4/c1-18-4-6-20(7-5-18)16-26-10-3-11-27(13-12-26)24(28)17-30-21-8-9-22-19(2)14-25(29)31-23(22)15-21/h4-9,14-15H,3,10-13,16-17H2,1-2H3. The minimum atomic E-state index is -0.391. The van der Waals surface area contributed by atoms with Gasteiger partial charge >= 0.3 is 5.63 Å². The van der Waals surface area contributed by atoms with Crippen molar-refractivity contribution in [1.82, 2.24) is 9.80 Å². The van der Waals surface area contributed by atoms with Crippen molar-refractivity contribution >= 4 is 16.9 Å². The molecule has 0 N–H and O–H groups in total. The molecule has 4 rings (SSSR count). The molecule has 6 nitrogen and oxygen atoms in total. The van der Waals surface area contributed by atoms with Gasteiger partial charge in [-0.25, -0.2) is 4.79 Å². The molecule has 0 atom stereocenters. The van der Waals surface area contributed by atoms with Crippen LogP contribution in [0.25, 0.3) is 11.0 Å². The Morgan fingerprint density at radius 2 is 1.81 bits per heavy atom. The summed E-state index contributed by atoms with van der Waals surface area (Å²) in [5, 5.41) is 0.861. The zero-order valence-electron chi connectivity index (χ0n) is 18.1. The van der Waals surface area contributed by atoms with Gasteiger partial charge in [0.05, 0.1) is 0 Å². The molecule has 1 aromatic heterocycles. The zero-order chi connectivity index (χ0) is 21.8. The fourth-order valence-corrected chi connectivity index (χ4v) is 3.96. The molecule has 0 unspecified atom stereocenters. The summed E-state index contributed by atoms with van der Waals surface area (Å²) >= 11 is 0. The highest BCUT2D eigenvalue weighted by Gasteiger charge is 2.19. The van der Waals surface area contributed by atoms with Gasteiger partial charge in [0.25, 0.3) is 5.91 Å². The molecule has 1 saturated heterocycles. The molecular weight excluding hydrogens is 392 g/mol. The topological polar surface area (TPSA) is 63.0 Å². The first kappa shape index (κ1) is 21.1. The first-order valence-electron chi connectivity index (χ1n) is 10.7. The van der Waals surface area contributed by atoms with Crippen LogP contribution in [0.3, 0.4) is 0 Å². The van der Waals surface area contributed by atoms with Crippen LogP contribution in [0, 0.1) is 13.8 Å². The summed E-state index contributed by atoms with van der Waals surface area (Å²) in [5.41, 5.74) is 3.50. The van der Waals surface area contributed by atoms with Gasteiger partial charge < -0.3 is 14.1 Å². The lowest BCUT2D eigenvalue weighted by Gasteiger charge is -2.22. The molecule has 0 radical (unpaired) electrons. The normalized spacial score (nSPS) is 15.1. The predicted molar refractivity (Wildman–Crippen MR) is 120 cm³/mol. The van der Waals surface area contributed by atoms with Crippen molar-refractivity contribution in [3.05, 3.63) is 75.6 Å². The van der Waals surface area contributed by atoms with E-state index >= 15 is 0 Å². The molecule has 0 spiro atoms. The number of carbonyl (C=O) groups is 1. The summed E-state index contributed by atoms with van der Waals surface area (Å²) in [4.78, 5) is 28.6. The van der Waals surface area contributed by atoms with Gasteiger partial charge in [0.15, 0.2) is 6.61 Å². The first-order valence-corrected chi connectivity index (χ1v) is 10.7. The van der Waals surface area contributed by atoms with Gasteiger partial charge in [-0.1, -0.05) is 29.8 Å². The minimum Gasteiger partial charge on any atom is -0.484 e. The molecule has 1 fully saturated rings. The Bertz CT molecular complexity index is 1120. The monoisotopic (exact) mass is 420 g/mol. The predicted octanol–water partition coefficient (Wildman–Crippen LogP) is 3.52. The van der Waals surface area contributed by atoms with Crippen LogP contribution in [0.1, 0.15) is 23.1 Å². The molecule has 31 heavy (non-hydrogen) atoms. The summed E-state index contributed by atoms with van der Waals surface area (Å²) in [6.45, 7) is 8.08. The minimum absolute atomic E-state index is 0.0250. The number of hydrogen-bond acceptors (Lipinski definition) is 5. The fraction of sp³-hybridized carbons (Fsp3) is 0.360. The van der Waals surface area contributed by atoms with E-state index in [1.807, 2.05) is 17.9 Å². The molecule has 0 aliphatic carbocycles. The van der Waals surface area contributed by atoms with E-state index in [9.17, 15) is 9.59 Å². The number of carbonyl (C=O) groups excluding carboxylic acids is 1. The number of amides is 1. The van der Waals surface area contributed by atoms with Gasteiger partial charge in [-0.05, 0) is 43.5 Å². The molecule has 2 aromatic carbocycles. The van der Waals surface area contributed by atoms with Crippen LogP contribution in [0.5, 0.6) is 5.75 Å². The van der Waals surface area contributed by atoms with E-state index in [4.69, 9.17) is 9.15 Å². The SMILES string of the molecule is Cc1ccc(CN2CCCN(C(=O)COc3ccc4c(C)cc(=O)oc4c3)CC2)cc1. The Labute approximate surface area is 182 Å². The van der Waals surface area contributed by atoms with Crippen molar-refractivity contribution in [1.29, 1.82) is 0 Å². The average molecular weight is 421 g/mol. The average Bonchev–Trinajstić information content (AvgIpc) is 2.99. The summed E-state index contributed by atoms with van der Waals surface area (Å²) in [5.74, 6) is 0.494. The van der Waals surface area contributed by atoms with Gasteiger partial charge in [0, 0.05) is 50.2 Å². The smallest absolute Gasteiger partial charge is 0.336 e. The molecule has 6 heteroatoms. The van der Waals surface area contributed by atoms with E-state index in [1.165, 1.54) is 17.2 Å². The fourth-order valence-electron chi connectivity index (χ4n) is 3.96. The molecular formula is C25H28N2O4. The van der Waals surface area contributed by atoms with E-state index in [1.54, 1.807) is 12.1 Å². The second kappa shape index (κ2) is 9.35. The lowest BCUT2D eigenvalue weighted by molar-refractivity contribution is -0.133. The van der Waals surface area contributed by atoms with Crippen LogP contribution in [0.2, 0.25) is 0 Å². The molecule has 0 bridgehead atoms. The molecule has 3 aromatic rings. The summed E-state index contributed by atoms with van der Waals surface area (Å²) in [7, 11) is 0. The van der Waals surface area contributed by atoms with Crippen molar-refractivity contribution in [2.24, 2.45) is 0 Å². The summed E-state index contributed by atoms with van der Waals surface area (Å²) < 4.78 is 11.0. The van der Waals surface area contributed by atoms with E-state index in [-0.39, 0.29) is 12.5 Å². The molecule has 1 aliphatic rings. The number of hydrogen-bond donors (Lipinski definition) is 0. The molecule has 1 amide bonds.